The highest BCUT2D eigenvalue weighted by atomic mass is 19.1. The minimum Gasteiger partial charge on any atom is -0.347 e. The first-order valence-electron chi connectivity index (χ1n) is 8.78. The number of nitrogens with zero attached hydrogens (tertiary/aromatic N) is 3. The van der Waals surface area contributed by atoms with Gasteiger partial charge in [0.1, 0.15) is 11.5 Å². The smallest absolute Gasteiger partial charge is 0.270 e. The van der Waals surface area contributed by atoms with Gasteiger partial charge in [0.2, 0.25) is 5.95 Å². The van der Waals surface area contributed by atoms with Crippen molar-refractivity contribution in [3.05, 3.63) is 83.4 Å². The van der Waals surface area contributed by atoms with Crippen LogP contribution in [0.25, 0.3) is 0 Å². The Bertz CT molecular complexity index is 930. The lowest BCUT2D eigenvalue weighted by Crippen LogP contribution is -2.26. The SMILES string of the molecule is CCN(c1ccccc1)c1nc(C)cc(C(=O)NCc2ccccc2F)n1. The van der Waals surface area contributed by atoms with Gasteiger partial charge >= 0.3 is 0 Å². The number of amides is 1. The van der Waals surface area contributed by atoms with Crippen molar-refractivity contribution < 1.29 is 9.18 Å². The summed E-state index contributed by atoms with van der Waals surface area (Å²) in [5.41, 5.74) is 2.31. The first kappa shape index (κ1) is 18.5. The number of para-hydroxylation sites is 1. The largest absolute Gasteiger partial charge is 0.347 e. The van der Waals surface area contributed by atoms with E-state index in [1.807, 2.05) is 49.1 Å². The molecule has 0 atom stereocenters. The molecule has 3 aromatic rings. The fourth-order valence-electron chi connectivity index (χ4n) is 2.75. The molecule has 1 heterocycles. The molecule has 1 amide bonds. The number of rotatable bonds is 6. The number of hydrogen-bond donors (Lipinski definition) is 1. The van der Waals surface area contributed by atoms with Gasteiger partial charge in [0.05, 0.1) is 0 Å². The standard InChI is InChI=1S/C21H21FN4O/c1-3-26(17-10-5-4-6-11-17)21-24-15(2)13-19(25-21)20(27)23-14-16-9-7-8-12-18(16)22/h4-13H,3,14H2,1-2H3,(H,23,27). The summed E-state index contributed by atoms with van der Waals surface area (Å²) in [7, 11) is 0. The number of aryl methyl sites for hydroxylation is 1. The Morgan fingerprint density at radius 1 is 1.07 bits per heavy atom. The van der Waals surface area contributed by atoms with Gasteiger partial charge in [-0.05, 0) is 38.1 Å². The van der Waals surface area contributed by atoms with E-state index in [1.165, 1.54) is 6.07 Å². The van der Waals surface area contributed by atoms with E-state index in [-0.39, 0.29) is 24.0 Å². The number of hydrogen-bond acceptors (Lipinski definition) is 4. The molecule has 3 rings (SSSR count). The second-order valence-electron chi connectivity index (χ2n) is 6.05. The zero-order valence-corrected chi connectivity index (χ0v) is 15.3. The van der Waals surface area contributed by atoms with Crippen molar-refractivity contribution in [1.29, 1.82) is 0 Å². The lowest BCUT2D eigenvalue weighted by molar-refractivity contribution is 0.0945. The van der Waals surface area contributed by atoms with Crippen LogP contribution in [0.1, 0.15) is 28.7 Å². The number of benzene rings is 2. The third-order valence-corrected chi connectivity index (χ3v) is 4.10. The number of halogens is 1. The maximum absolute atomic E-state index is 13.7. The molecule has 6 heteroatoms. The molecule has 1 N–H and O–H groups in total. The van der Waals surface area contributed by atoms with Crippen LogP contribution in [-0.2, 0) is 6.54 Å². The Morgan fingerprint density at radius 2 is 1.78 bits per heavy atom. The minimum absolute atomic E-state index is 0.0973. The van der Waals surface area contributed by atoms with Crippen LogP contribution in [0.2, 0.25) is 0 Å². The summed E-state index contributed by atoms with van der Waals surface area (Å²) in [6.07, 6.45) is 0. The third kappa shape index (κ3) is 4.47. The Morgan fingerprint density at radius 3 is 2.48 bits per heavy atom. The van der Waals surface area contributed by atoms with E-state index >= 15 is 0 Å². The van der Waals surface area contributed by atoms with Gasteiger partial charge in [-0.25, -0.2) is 14.4 Å². The van der Waals surface area contributed by atoms with Gasteiger partial charge < -0.3 is 10.2 Å². The van der Waals surface area contributed by atoms with Crippen molar-refractivity contribution in [2.75, 3.05) is 11.4 Å². The minimum atomic E-state index is -0.367. The van der Waals surface area contributed by atoms with Crippen molar-refractivity contribution in [2.24, 2.45) is 0 Å². The quantitative estimate of drug-likeness (QED) is 0.718. The summed E-state index contributed by atoms with van der Waals surface area (Å²) in [5, 5.41) is 2.72. The van der Waals surface area contributed by atoms with Crippen LogP contribution in [0.4, 0.5) is 16.0 Å². The average Bonchev–Trinajstić information content (AvgIpc) is 2.68. The molecule has 0 radical (unpaired) electrons. The number of carbonyl (C=O) groups is 1. The average molecular weight is 364 g/mol. The maximum atomic E-state index is 13.7. The lowest BCUT2D eigenvalue weighted by atomic mass is 10.2. The lowest BCUT2D eigenvalue weighted by Gasteiger charge is -2.21. The van der Waals surface area contributed by atoms with Gasteiger partial charge in [0.25, 0.3) is 5.91 Å². The zero-order valence-electron chi connectivity index (χ0n) is 15.3. The first-order chi connectivity index (χ1) is 13.1. The van der Waals surface area contributed by atoms with Crippen LogP contribution in [0.15, 0.2) is 60.7 Å². The van der Waals surface area contributed by atoms with Gasteiger partial charge in [-0.15, -0.1) is 0 Å². The fourth-order valence-corrected chi connectivity index (χ4v) is 2.75. The molecule has 0 saturated heterocycles. The molecule has 0 aliphatic carbocycles. The molecular formula is C21H21FN4O. The molecule has 0 saturated carbocycles. The van der Waals surface area contributed by atoms with E-state index in [2.05, 4.69) is 15.3 Å². The Hall–Kier alpha value is -3.28. The molecule has 2 aromatic carbocycles. The van der Waals surface area contributed by atoms with E-state index in [0.29, 0.717) is 23.8 Å². The topological polar surface area (TPSA) is 58.1 Å². The van der Waals surface area contributed by atoms with E-state index in [9.17, 15) is 9.18 Å². The molecule has 0 unspecified atom stereocenters. The molecule has 0 aliphatic heterocycles. The summed E-state index contributed by atoms with van der Waals surface area (Å²) < 4.78 is 13.7. The molecule has 1 aromatic heterocycles. The van der Waals surface area contributed by atoms with Gasteiger partial charge in [0.15, 0.2) is 0 Å². The van der Waals surface area contributed by atoms with Crippen LogP contribution in [0.5, 0.6) is 0 Å². The fraction of sp³-hybridized carbons (Fsp3) is 0.190. The first-order valence-corrected chi connectivity index (χ1v) is 8.78. The van der Waals surface area contributed by atoms with Crippen LogP contribution in [0, 0.1) is 12.7 Å². The summed E-state index contributed by atoms with van der Waals surface area (Å²) in [6, 6.07) is 17.7. The van der Waals surface area contributed by atoms with Crippen molar-refractivity contribution in [3.8, 4) is 0 Å². The highest BCUT2D eigenvalue weighted by Crippen LogP contribution is 2.22. The van der Waals surface area contributed by atoms with Crippen molar-refractivity contribution in [2.45, 2.75) is 20.4 Å². The van der Waals surface area contributed by atoms with Gasteiger partial charge in [0, 0.05) is 30.0 Å². The highest BCUT2D eigenvalue weighted by molar-refractivity contribution is 5.92. The second kappa shape index (κ2) is 8.40. The van der Waals surface area contributed by atoms with Crippen molar-refractivity contribution in [1.82, 2.24) is 15.3 Å². The maximum Gasteiger partial charge on any atom is 0.270 e. The van der Waals surface area contributed by atoms with Crippen molar-refractivity contribution in [3.63, 3.8) is 0 Å². The van der Waals surface area contributed by atoms with Crippen molar-refractivity contribution >= 4 is 17.5 Å². The number of nitrogens with one attached hydrogen (secondary N) is 1. The molecule has 0 spiro atoms. The monoisotopic (exact) mass is 364 g/mol. The molecule has 5 nitrogen and oxygen atoms in total. The normalized spacial score (nSPS) is 10.5. The second-order valence-corrected chi connectivity index (χ2v) is 6.05. The Labute approximate surface area is 157 Å². The zero-order chi connectivity index (χ0) is 19.2. The Kier molecular flexibility index (Phi) is 5.76. The molecule has 0 fully saturated rings. The molecule has 0 bridgehead atoms. The predicted octanol–water partition coefficient (Wildman–Crippen LogP) is 4.01. The summed E-state index contributed by atoms with van der Waals surface area (Å²) in [6.45, 7) is 4.57. The highest BCUT2D eigenvalue weighted by Gasteiger charge is 2.15. The van der Waals surface area contributed by atoms with Gasteiger partial charge in [-0.3, -0.25) is 4.79 Å². The molecule has 138 valence electrons. The third-order valence-electron chi connectivity index (χ3n) is 4.10. The summed E-state index contributed by atoms with van der Waals surface area (Å²) in [4.78, 5) is 23.4. The number of aromatic nitrogens is 2. The van der Waals surface area contributed by atoms with E-state index < -0.39 is 0 Å². The molecular weight excluding hydrogens is 343 g/mol. The summed E-state index contributed by atoms with van der Waals surface area (Å²) in [5.74, 6) is -0.257. The van der Waals surface area contributed by atoms with Crippen LogP contribution < -0.4 is 10.2 Å². The predicted molar refractivity (Wildman–Crippen MR) is 103 cm³/mol. The summed E-state index contributed by atoms with van der Waals surface area (Å²) >= 11 is 0. The van der Waals surface area contributed by atoms with Gasteiger partial charge in [-0.2, -0.15) is 0 Å². The number of carbonyl (C=O) groups excluding carboxylic acids is 1. The van der Waals surface area contributed by atoms with Crippen LogP contribution in [-0.4, -0.2) is 22.4 Å². The molecule has 0 aliphatic rings. The van der Waals surface area contributed by atoms with Crippen LogP contribution in [0.3, 0.4) is 0 Å². The Balaban J connectivity index is 1.82. The molecule has 27 heavy (non-hydrogen) atoms. The van der Waals surface area contributed by atoms with Crippen LogP contribution >= 0.6 is 0 Å². The van der Waals surface area contributed by atoms with E-state index in [1.54, 1.807) is 24.3 Å². The van der Waals surface area contributed by atoms with E-state index in [0.717, 1.165) is 5.69 Å². The number of anilines is 2. The van der Waals surface area contributed by atoms with E-state index in [4.69, 9.17) is 0 Å². The van der Waals surface area contributed by atoms with Gasteiger partial charge in [-0.1, -0.05) is 36.4 Å².